The number of nitrogens with one attached hydrogen (secondary N) is 1. The number of benzene rings is 1. The molecule has 1 aromatic rings. The molecule has 110 valence electrons. The van der Waals surface area contributed by atoms with E-state index in [1.165, 1.54) is 0 Å². The Morgan fingerprint density at radius 2 is 2.15 bits per heavy atom. The van der Waals surface area contributed by atoms with Crippen molar-refractivity contribution in [3.63, 3.8) is 0 Å². The average molecular weight is 340 g/mol. The number of hydrogen-bond acceptors (Lipinski definition) is 3. The van der Waals surface area contributed by atoms with Crippen LogP contribution in [0, 0.1) is 0 Å². The maximum absolute atomic E-state index is 12.3. The van der Waals surface area contributed by atoms with E-state index in [-0.39, 0.29) is 5.91 Å². The highest BCUT2D eigenvalue weighted by Crippen LogP contribution is 2.17. The molecule has 1 saturated heterocycles. The van der Waals surface area contributed by atoms with Gasteiger partial charge in [-0.15, -0.1) is 0 Å². The molecule has 1 fully saturated rings. The normalized spacial score (nSPS) is 18.5. The number of carbonyl (C=O) groups is 1. The summed E-state index contributed by atoms with van der Waals surface area (Å²) in [6.07, 6.45) is 1.12. The number of likely N-dealkylation sites (N-methyl/N-ethyl adjacent to an activating group) is 2. The van der Waals surface area contributed by atoms with Crippen molar-refractivity contribution < 1.29 is 4.79 Å². The van der Waals surface area contributed by atoms with Crippen molar-refractivity contribution in [2.45, 2.75) is 19.0 Å². The zero-order valence-electron chi connectivity index (χ0n) is 12.1. The lowest BCUT2D eigenvalue weighted by Gasteiger charge is -2.26. The van der Waals surface area contributed by atoms with Crippen molar-refractivity contribution in [3.8, 4) is 0 Å². The van der Waals surface area contributed by atoms with Crippen LogP contribution in [-0.2, 0) is 11.3 Å². The molecule has 1 atom stereocenters. The van der Waals surface area contributed by atoms with E-state index >= 15 is 0 Å². The van der Waals surface area contributed by atoms with Gasteiger partial charge < -0.3 is 10.2 Å². The number of carbonyl (C=O) groups excluding carboxylic acids is 1. The van der Waals surface area contributed by atoms with Gasteiger partial charge in [0.2, 0.25) is 5.91 Å². The Bertz CT molecular complexity index is 460. The molecule has 20 heavy (non-hydrogen) atoms. The van der Waals surface area contributed by atoms with Crippen LogP contribution < -0.4 is 5.32 Å². The predicted molar refractivity (Wildman–Crippen MR) is 84.5 cm³/mol. The Morgan fingerprint density at radius 3 is 2.80 bits per heavy atom. The average Bonchev–Trinajstić information content (AvgIpc) is 2.95. The van der Waals surface area contributed by atoms with Gasteiger partial charge in [0.15, 0.2) is 0 Å². The van der Waals surface area contributed by atoms with Crippen molar-refractivity contribution in [2.24, 2.45) is 0 Å². The summed E-state index contributed by atoms with van der Waals surface area (Å²) < 4.78 is 1.05. The van der Waals surface area contributed by atoms with E-state index in [9.17, 15) is 4.79 Å². The fourth-order valence-corrected chi connectivity index (χ4v) is 2.86. The summed E-state index contributed by atoms with van der Waals surface area (Å²) in [5.74, 6) is 0.162. The SMILES string of the molecule is CN(Cc1ccccc1Br)C(=O)CN(C)C1CCNC1. The van der Waals surface area contributed by atoms with Crippen LogP contribution in [0.2, 0.25) is 0 Å². The second kappa shape index (κ2) is 7.20. The van der Waals surface area contributed by atoms with Gasteiger partial charge in [0.1, 0.15) is 0 Å². The summed E-state index contributed by atoms with van der Waals surface area (Å²) in [5, 5.41) is 3.33. The van der Waals surface area contributed by atoms with Crippen LogP contribution in [-0.4, -0.2) is 55.5 Å². The first-order valence-electron chi connectivity index (χ1n) is 6.96. The Kier molecular flexibility index (Phi) is 5.57. The Labute approximate surface area is 129 Å². The van der Waals surface area contributed by atoms with Gasteiger partial charge in [-0.3, -0.25) is 9.69 Å². The van der Waals surface area contributed by atoms with Crippen LogP contribution >= 0.6 is 15.9 Å². The molecule has 4 nitrogen and oxygen atoms in total. The molecule has 1 amide bonds. The van der Waals surface area contributed by atoms with Crippen LogP contribution in [0.25, 0.3) is 0 Å². The second-order valence-electron chi connectivity index (χ2n) is 5.40. The van der Waals surface area contributed by atoms with E-state index in [1.807, 2.05) is 38.4 Å². The smallest absolute Gasteiger partial charge is 0.236 e. The lowest BCUT2D eigenvalue weighted by Crippen LogP contribution is -2.42. The minimum Gasteiger partial charge on any atom is -0.340 e. The number of amides is 1. The molecule has 1 aliphatic rings. The van der Waals surface area contributed by atoms with Gasteiger partial charge in [-0.25, -0.2) is 0 Å². The molecule has 1 unspecified atom stereocenters. The number of rotatable bonds is 5. The first kappa shape index (κ1) is 15.5. The fraction of sp³-hybridized carbons (Fsp3) is 0.533. The van der Waals surface area contributed by atoms with Crippen molar-refractivity contribution in [2.75, 3.05) is 33.7 Å². The molecule has 0 aromatic heterocycles. The number of hydrogen-bond donors (Lipinski definition) is 1. The van der Waals surface area contributed by atoms with E-state index in [1.54, 1.807) is 4.90 Å². The van der Waals surface area contributed by atoms with E-state index in [4.69, 9.17) is 0 Å². The van der Waals surface area contributed by atoms with E-state index in [2.05, 4.69) is 26.1 Å². The zero-order valence-corrected chi connectivity index (χ0v) is 13.7. The molecule has 2 rings (SSSR count). The maximum Gasteiger partial charge on any atom is 0.236 e. The van der Waals surface area contributed by atoms with Crippen LogP contribution in [0.3, 0.4) is 0 Å². The molecule has 1 N–H and O–H groups in total. The highest BCUT2D eigenvalue weighted by Gasteiger charge is 2.22. The van der Waals surface area contributed by atoms with Crippen molar-refractivity contribution >= 4 is 21.8 Å². The molecule has 1 aromatic carbocycles. The Balaban J connectivity index is 1.87. The zero-order chi connectivity index (χ0) is 14.5. The largest absolute Gasteiger partial charge is 0.340 e. The standard InChI is InChI=1S/C15H22BrN3O/c1-18(13-7-8-17-9-13)11-15(20)19(2)10-12-5-3-4-6-14(12)16/h3-6,13,17H,7-11H2,1-2H3. The van der Waals surface area contributed by atoms with Gasteiger partial charge in [0.25, 0.3) is 0 Å². The number of halogens is 1. The monoisotopic (exact) mass is 339 g/mol. The summed E-state index contributed by atoms with van der Waals surface area (Å²) >= 11 is 3.52. The lowest BCUT2D eigenvalue weighted by atomic mass is 10.2. The van der Waals surface area contributed by atoms with E-state index in [0.717, 1.165) is 29.5 Å². The van der Waals surface area contributed by atoms with E-state index in [0.29, 0.717) is 19.1 Å². The third-order valence-electron chi connectivity index (χ3n) is 3.83. The quantitative estimate of drug-likeness (QED) is 0.886. The molecule has 0 spiro atoms. The summed E-state index contributed by atoms with van der Waals surface area (Å²) in [7, 11) is 3.89. The molecular formula is C15H22BrN3O. The molecule has 5 heteroatoms. The minimum atomic E-state index is 0.162. The third kappa shape index (κ3) is 4.04. The molecule has 1 aliphatic heterocycles. The van der Waals surface area contributed by atoms with Gasteiger partial charge in [0.05, 0.1) is 6.54 Å². The van der Waals surface area contributed by atoms with Crippen LogP contribution in [0.5, 0.6) is 0 Å². The van der Waals surface area contributed by atoms with Crippen LogP contribution in [0.15, 0.2) is 28.7 Å². The first-order chi connectivity index (χ1) is 9.58. The molecule has 0 saturated carbocycles. The summed E-state index contributed by atoms with van der Waals surface area (Å²) in [6, 6.07) is 8.50. The van der Waals surface area contributed by atoms with Crippen molar-refractivity contribution in [3.05, 3.63) is 34.3 Å². The van der Waals surface area contributed by atoms with Crippen molar-refractivity contribution in [1.29, 1.82) is 0 Å². The molecule has 0 aliphatic carbocycles. The summed E-state index contributed by atoms with van der Waals surface area (Å²) in [6.45, 7) is 3.15. The second-order valence-corrected chi connectivity index (χ2v) is 6.26. The molecular weight excluding hydrogens is 318 g/mol. The maximum atomic E-state index is 12.3. The van der Waals surface area contributed by atoms with Gasteiger partial charge in [-0.1, -0.05) is 34.1 Å². The molecule has 0 radical (unpaired) electrons. The first-order valence-corrected chi connectivity index (χ1v) is 7.75. The predicted octanol–water partition coefficient (Wildman–Crippen LogP) is 1.70. The fourth-order valence-electron chi connectivity index (χ4n) is 2.45. The molecule has 1 heterocycles. The Hall–Kier alpha value is -0.910. The minimum absolute atomic E-state index is 0.162. The van der Waals surface area contributed by atoms with Gasteiger partial charge in [0, 0.05) is 30.7 Å². The van der Waals surface area contributed by atoms with Gasteiger partial charge >= 0.3 is 0 Å². The topological polar surface area (TPSA) is 35.6 Å². The highest BCUT2D eigenvalue weighted by molar-refractivity contribution is 9.10. The van der Waals surface area contributed by atoms with Crippen LogP contribution in [0.1, 0.15) is 12.0 Å². The summed E-state index contributed by atoms with van der Waals surface area (Å²) in [4.78, 5) is 16.2. The molecule has 0 bridgehead atoms. The van der Waals surface area contributed by atoms with Crippen LogP contribution in [0.4, 0.5) is 0 Å². The van der Waals surface area contributed by atoms with Gasteiger partial charge in [-0.05, 0) is 31.6 Å². The third-order valence-corrected chi connectivity index (χ3v) is 4.61. The number of nitrogens with zero attached hydrogens (tertiary/aromatic N) is 2. The van der Waals surface area contributed by atoms with Crippen molar-refractivity contribution in [1.82, 2.24) is 15.1 Å². The van der Waals surface area contributed by atoms with Gasteiger partial charge in [-0.2, -0.15) is 0 Å². The van der Waals surface area contributed by atoms with E-state index < -0.39 is 0 Å². The highest BCUT2D eigenvalue weighted by atomic mass is 79.9. The lowest BCUT2D eigenvalue weighted by molar-refractivity contribution is -0.131. The summed E-state index contributed by atoms with van der Waals surface area (Å²) in [5.41, 5.74) is 1.13. The Morgan fingerprint density at radius 1 is 1.40 bits per heavy atom.